The molecular weight excluding hydrogens is 300 g/mol. The molecule has 0 aliphatic carbocycles. The molecule has 0 fully saturated rings. The van der Waals surface area contributed by atoms with Gasteiger partial charge in [0.05, 0.1) is 0 Å². The average molecular weight is 311 g/mol. The Kier molecular flexibility index (Phi) is 3.54. The standard InChI is InChI=1S/C13H11BrO4/c1-7-6-10(15)12(17)13(18-7)11(16)8-4-2-3-5-9(8)14/h2-6,11,16-17H,1H3. The lowest BCUT2D eigenvalue weighted by Gasteiger charge is -2.13. The number of rotatable bonds is 2. The molecule has 4 nitrogen and oxygen atoms in total. The molecule has 2 aromatic rings. The van der Waals surface area contributed by atoms with Gasteiger partial charge in [-0.2, -0.15) is 0 Å². The van der Waals surface area contributed by atoms with Gasteiger partial charge in [0.2, 0.25) is 11.2 Å². The summed E-state index contributed by atoms with van der Waals surface area (Å²) in [4.78, 5) is 11.4. The van der Waals surface area contributed by atoms with Crippen LogP contribution in [0.1, 0.15) is 23.2 Å². The van der Waals surface area contributed by atoms with Gasteiger partial charge in [0.25, 0.3) is 0 Å². The highest BCUT2D eigenvalue weighted by Crippen LogP contribution is 2.31. The van der Waals surface area contributed by atoms with E-state index in [1.807, 2.05) is 0 Å². The summed E-state index contributed by atoms with van der Waals surface area (Å²) in [5, 5.41) is 19.8. The summed E-state index contributed by atoms with van der Waals surface area (Å²) in [7, 11) is 0. The number of aliphatic hydroxyl groups excluding tert-OH is 1. The van der Waals surface area contributed by atoms with Crippen molar-refractivity contribution in [2.75, 3.05) is 0 Å². The van der Waals surface area contributed by atoms with Crippen molar-refractivity contribution >= 4 is 15.9 Å². The highest BCUT2D eigenvalue weighted by molar-refractivity contribution is 9.10. The van der Waals surface area contributed by atoms with E-state index in [0.29, 0.717) is 15.8 Å². The van der Waals surface area contributed by atoms with E-state index in [-0.39, 0.29) is 5.76 Å². The molecule has 1 aromatic carbocycles. The van der Waals surface area contributed by atoms with Crippen molar-refractivity contribution in [3.05, 3.63) is 62.1 Å². The zero-order chi connectivity index (χ0) is 13.3. The third-order valence-electron chi connectivity index (χ3n) is 2.52. The van der Waals surface area contributed by atoms with Crippen LogP contribution in [0.4, 0.5) is 0 Å². The molecular formula is C13H11BrO4. The van der Waals surface area contributed by atoms with Crippen molar-refractivity contribution < 1.29 is 14.6 Å². The van der Waals surface area contributed by atoms with Gasteiger partial charge in [-0.15, -0.1) is 0 Å². The average Bonchev–Trinajstić information content (AvgIpc) is 2.33. The Labute approximate surface area is 112 Å². The van der Waals surface area contributed by atoms with Gasteiger partial charge in [0.15, 0.2) is 5.76 Å². The summed E-state index contributed by atoms with van der Waals surface area (Å²) in [6.45, 7) is 1.58. The summed E-state index contributed by atoms with van der Waals surface area (Å²) >= 11 is 3.29. The van der Waals surface area contributed by atoms with Gasteiger partial charge in [-0.3, -0.25) is 4.79 Å². The second-order valence-corrected chi connectivity index (χ2v) is 4.71. The van der Waals surface area contributed by atoms with Crippen molar-refractivity contribution in [3.8, 4) is 5.75 Å². The van der Waals surface area contributed by atoms with Crippen molar-refractivity contribution in [2.24, 2.45) is 0 Å². The van der Waals surface area contributed by atoms with E-state index < -0.39 is 17.3 Å². The lowest BCUT2D eigenvalue weighted by atomic mass is 10.1. The van der Waals surface area contributed by atoms with Gasteiger partial charge in [-0.1, -0.05) is 34.1 Å². The van der Waals surface area contributed by atoms with Crippen LogP contribution in [0.3, 0.4) is 0 Å². The quantitative estimate of drug-likeness (QED) is 0.894. The highest BCUT2D eigenvalue weighted by atomic mass is 79.9. The molecule has 1 atom stereocenters. The summed E-state index contributed by atoms with van der Waals surface area (Å²) < 4.78 is 5.91. The molecule has 0 saturated heterocycles. The van der Waals surface area contributed by atoms with Gasteiger partial charge < -0.3 is 14.6 Å². The summed E-state index contributed by atoms with van der Waals surface area (Å²) in [5.41, 5.74) is -0.0543. The Morgan fingerprint density at radius 2 is 2.00 bits per heavy atom. The van der Waals surface area contributed by atoms with Crippen LogP contribution in [0.2, 0.25) is 0 Å². The number of aliphatic hydroxyl groups is 1. The van der Waals surface area contributed by atoms with Crippen LogP contribution in [-0.2, 0) is 0 Å². The van der Waals surface area contributed by atoms with Crippen LogP contribution >= 0.6 is 15.9 Å². The third kappa shape index (κ3) is 2.32. The van der Waals surface area contributed by atoms with Crippen LogP contribution in [0, 0.1) is 6.92 Å². The highest BCUT2D eigenvalue weighted by Gasteiger charge is 2.21. The largest absolute Gasteiger partial charge is 0.502 e. The molecule has 1 aromatic heterocycles. The maximum atomic E-state index is 11.4. The Hall–Kier alpha value is -1.59. The summed E-state index contributed by atoms with van der Waals surface area (Å²) in [5.74, 6) is -0.380. The number of hydrogen-bond donors (Lipinski definition) is 2. The molecule has 94 valence electrons. The number of halogens is 1. The molecule has 1 unspecified atom stereocenters. The lowest BCUT2D eigenvalue weighted by Crippen LogP contribution is -2.08. The Morgan fingerprint density at radius 3 is 2.67 bits per heavy atom. The SMILES string of the molecule is Cc1cc(=O)c(O)c(C(O)c2ccccc2Br)o1. The molecule has 0 spiro atoms. The predicted molar refractivity (Wildman–Crippen MR) is 69.6 cm³/mol. The first-order valence-electron chi connectivity index (χ1n) is 5.27. The Morgan fingerprint density at radius 1 is 1.33 bits per heavy atom. The van der Waals surface area contributed by atoms with E-state index in [2.05, 4.69) is 15.9 Å². The first-order valence-corrected chi connectivity index (χ1v) is 6.06. The molecule has 2 N–H and O–H groups in total. The van der Waals surface area contributed by atoms with E-state index in [9.17, 15) is 15.0 Å². The van der Waals surface area contributed by atoms with Gasteiger partial charge in [0.1, 0.15) is 11.9 Å². The summed E-state index contributed by atoms with van der Waals surface area (Å²) in [6.07, 6.45) is -1.20. The zero-order valence-electron chi connectivity index (χ0n) is 9.55. The van der Waals surface area contributed by atoms with E-state index in [1.165, 1.54) is 6.07 Å². The topological polar surface area (TPSA) is 70.7 Å². The van der Waals surface area contributed by atoms with Crippen LogP contribution in [0.5, 0.6) is 5.75 Å². The van der Waals surface area contributed by atoms with Crippen LogP contribution in [0.25, 0.3) is 0 Å². The fourth-order valence-corrected chi connectivity index (χ4v) is 2.15. The van der Waals surface area contributed by atoms with E-state index in [0.717, 1.165) is 0 Å². The first-order chi connectivity index (χ1) is 8.50. The molecule has 0 saturated carbocycles. The normalized spacial score (nSPS) is 12.4. The minimum atomic E-state index is -1.20. The smallest absolute Gasteiger partial charge is 0.227 e. The van der Waals surface area contributed by atoms with Crippen molar-refractivity contribution in [3.63, 3.8) is 0 Å². The molecule has 5 heteroatoms. The van der Waals surface area contributed by atoms with Crippen LogP contribution < -0.4 is 5.43 Å². The second-order valence-electron chi connectivity index (χ2n) is 3.86. The summed E-state index contributed by atoms with van der Waals surface area (Å²) in [6, 6.07) is 8.15. The third-order valence-corrected chi connectivity index (χ3v) is 3.24. The van der Waals surface area contributed by atoms with E-state index in [4.69, 9.17) is 4.42 Å². The maximum absolute atomic E-state index is 11.4. The molecule has 0 aliphatic rings. The van der Waals surface area contributed by atoms with Crippen molar-refractivity contribution in [1.82, 2.24) is 0 Å². The number of benzene rings is 1. The number of aromatic hydroxyl groups is 1. The van der Waals surface area contributed by atoms with Crippen molar-refractivity contribution in [1.29, 1.82) is 0 Å². The molecule has 2 rings (SSSR count). The Bertz CT molecular complexity index is 633. The molecule has 1 heterocycles. The number of aryl methyl sites for hydroxylation is 1. The minimum absolute atomic E-state index is 0.146. The Balaban J connectivity index is 2.56. The lowest BCUT2D eigenvalue weighted by molar-refractivity contribution is 0.176. The molecule has 0 aliphatic heterocycles. The molecule has 0 bridgehead atoms. The molecule has 18 heavy (non-hydrogen) atoms. The predicted octanol–water partition coefficient (Wildman–Crippen LogP) is 2.50. The van der Waals surface area contributed by atoms with Gasteiger partial charge in [-0.05, 0) is 13.0 Å². The fraction of sp³-hybridized carbons (Fsp3) is 0.154. The van der Waals surface area contributed by atoms with Gasteiger partial charge in [0, 0.05) is 16.1 Å². The van der Waals surface area contributed by atoms with Crippen LogP contribution in [-0.4, -0.2) is 10.2 Å². The molecule has 0 radical (unpaired) electrons. The maximum Gasteiger partial charge on any atom is 0.227 e. The van der Waals surface area contributed by atoms with E-state index >= 15 is 0 Å². The fourth-order valence-electron chi connectivity index (χ4n) is 1.65. The second kappa shape index (κ2) is 4.96. The van der Waals surface area contributed by atoms with Gasteiger partial charge >= 0.3 is 0 Å². The first kappa shape index (κ1) is 12.9. The van der Waals surface area contributed by atoms with E-state index in [1.54, 1.807) is 31.2 Å². The zero-order valence-corrected chi connectivity index (χ0v) is 11.1. The minimum Gasteiger partial charge on any atom is -0.502 e. The molecule has 0 amide bonds. The monoisotopic (exact) mass is 310 g/mol. The number of hydrogen-bond acceptors (Lipinski definition) is 4. The van der Waals surface area contributed by atoms with Crippen LogP contribution in [0.15, 0.2) is 44.0 Å². The van der Waals surface area contributed by atoms with Crippen molar-refractivity contribution in [2.45, 2.75) is 13.0 Å². The van der Waals surface area contributed by atoms with Gasteiger partial charge in [-0.25, -0.2) is 0 Å².